The number of carbonyl (C=O) groups excluding carboxylic acids is 2. The quantitative estimate of drug-likeness (QED) is 0.796. The first kappa shape index (κ1) is 19.4. The van der Waals surface area contributed by atoms with Gasteiger partial charge in [-0.2, -0.15) is 0 Å². The summed E-state index contributed by atoms with van der Waals surface area (Å²) in [4.78, 5) is 26.8. The molecule has 0 aliphatic carbocycles. The molecular weight excluding hydrogens is 362 g/mol. The number of rotatable bonds is 6. The third-order valence-electron chi connectivity index (χ3n) is 4.75. The Labute approximate surface area is 163 Å². The van der Waals surface area contributed by atoms with Gasteiger partial charge in [-0.05, 0) is 57.5 Å². The molecule has 2 N–H and O–H groups in total. The van der Waals surface area contributed by atoms with Gasteiger partial charge in [-0.25, -0.2) is 0 Å². The molecule has 1 unspecified atom stereocenters. The highest BCUT2D eigenvalue weighted by Gasteiger charge is 2.18. The number of nitrogens with one attached hydrogen (secondary N) is 2. The van der Waals surface area contributed by atoms with E-state index in [1.54, 1.807) is 31.2 Å². The highest BCUT2D eigenvalue weighted by molar-refractivity contribution is 7.13. The van der Waals surface area contributed by atoms with Gasteiger partial charge in [0.05, 0.1) is 0 Å². The molecule has 2 aromatic rings. The molecule has 27 heavy (non-hydrogen) atoms. The van der Waals surface area contributed by atoms with Gasteiger partial charge in [-0.1, -0.05) is 17.8 Å². The van der Waals surface area contributed by atoms with E-state index in [1.165, 1.54) is 30.6 Å². The van der Waals surface area contributed by atoms with Crippen LogP contribution in [0, 0.1) is 6.92 Å². The van der Waals surface area contributed by atoms with Crippen LogP contribution in [-0.4, -0.2) is 52.6 Å². The Bertz CT molecular complexity index is 790. The van der Waals surface area contributed by atoms with Crippen molar-refractivity contribution in [2.75, 3.05) is 25.0 Å². The number of anilines is 1. The van der Waals surface area contributed by atoms with E-state index in [-0.39, 0.29) is 11.8 Å². The Hall–Kier alpha value is -2.32. The van der Waals surface area contributed by atoms with Crippen LogP contribution in [-0.2, 0) is 0 Å². The summed E-state index contributed by atoms with van der Waals surface area (Å²) in [5.74, 6) is -0.397. The summed E-state index contributed by atoms with van der Waals surface area (Å²) >= 11 is 1.24. The van der Waals surface area contributed by atoms with Crippen LogP contribution in [0.5, 0.6) is 0 Å². The molecule has 1 aliphatic rings. The second-order valence-corrected chi connectivity index (χ2v) is 7.98. The summed E-state index contributed by atoms with van der Waals surface area (Å²) in [6.45, 7) is 6.67. The molecule has 2 heterocycles. The lowest BCUT2D eigenvalue weighted by Crippen LogP contribution is -2.42. The molecule has 3 rings (SSSR count). The number of carbonyl (C=O) groups is 2. The number of likely N-dealkylation sites (tertiary alicyclic amines) is 1. The van der Waals surface area contributed by atoms with Crippen molar-refractivity contribution < 1.29 is 9.59 Å². The van der Waals surface area contributed by atoms with Gasteiger partial charge in [0.15, 0.2) is 0 Å². The molecule has 2 amide bonds. The number of nitrogens with zero attached hydrogens (tertiary/aromatic N) is 3. The molecule has 1 fully saturated rings. The largest absolute Gasteiger partial charge is 0.351 e. The van der Waals surface area contributed by atoms with Crippen LogP contribution in [0.3, 0.4) is 0 Å². The summed E-state index contributed by atoms with van der Waals surface area (Å²) < 4.78 is 0. The highest BCUT2D eigenvalue weighted by Crippen LogP contribution is 2.16. The van der Waals surface area contributed by atoms with Gasteiger partial charge < -0.3 is 10.6 Å². The van der Waals surface area contributed by atoms with Crippen molar-refractivity contribution in [1.82, 2.24) is 20.4 Å². The van der Waals surface area contributed by atoms with Gasteiger partial charge in [-0.15, -0.1) is 10.2 Å². The summed E-state index contributed by atoms with van der Waals surface area (Å²) in [5, 5.41) is 14.5. The minimum atomic E-state index is -0.298. The van der Waals surface area contributed by atoms with E-state index in [2.05, 4.69) is 32.7 Å². The lowest BCUT2D eigenvalue weighted by atomic mass is 10.0. The van der Waals surface area contributed by atoms with Crippen LogP contribution in [0.25, 0.3) is 0 Å². The van der Waals surface area contributed by atoms with E-state index in [4.69, 9.17) is 0 Å². The maximum Gasteiger partial charge on any atom is 0.286 e. The predicted molar refractivity (Wildman–Crippen MR) is 106 cm³/mol. The van der Waals surface area contributed by atoms with Crippen molar-refractivity contribution in [3.63, 3.8) is 0 Å². The zero-order valence-electron chi connectivity index (χ0n) is 15.7. The summed E-state index contributed by atoms with van der Waals surface area (Å²) in [6.07, 6.45) is 3.77. The van der Waals surface area contributed by atoms with Gasteiger partial charge in [0, 0.05) is 30.4 Å². The Balaban J connectivity index is 1.47. The molecule has 0 saturated carbocycles. The monoisotopic (exact) mass is 387 g/mol. The lowest BCUT2D eigenvalue weighted by Gasteiger charge is -2.33. The molecule has 1 aromatic carbocycles. The van der Waals surface area contributed by atoms with Crippen LogP contribution in [0.2, 0.25) is 0 Å². The molecule has 0 radical (unpaired) electrons. The zero-order chi connectivity index (χ0) is 19.2. The molecule has 0 spiro atoms. The Morgan fingerprint density at radius 2 is 1.96 bits per heavy atom. The Morgan fingerprint density at radius 3 is 2.63 bits per heavy atom. The van der Waals surface area contributed by atoms with E-state index >= 15 is 0 Å². The van der Waals surface area contributed by atoms with Crippen molar-refractivity contribution in [3.8, 4) is 0 Å². The number of hydrogen-bond donors (Lipinski definition) is 2. The molecule has 1 aliphatic heterocycles. The van der Waals surface area contributed by atoms with E-state index in [0.717, 1.165) is 18.1 Å². The number of benzene rings is 1. The van der Waals surface area contributed by atoms with Crippen LogP contribution >= 0.6 is 11.3 Å². The predicted octanol–water partition coefficient (Wildman–Crippen LogP) is 2.70. The number of piperidine rings is 1. The van der Waals surface area contributed by atoms with Gasteiger partial charge in [0.1, 0.15) is 5.01 Å². The number of amides is 2. The van der Waals surface area contributed by atoms with Crippen molar-refractivity contribution >= 4 is 28.8 Å². The fourth-order valence-corrected chi connectivity index (χ4v) is 3.77. The summed E-state index contributed by atoms with van der Waals surface area (Å²) in [6, 6.07) is 7.44. The van der Waals surface area contributed by atoms with Gasteiger partial charge >= 0.3 is 0 Å². The fourth-order valence-electron chi connectivity index (χ4n) is 3.18. The minimum absolute atomic E-state index is 0.0997. The van der Waals surface area contributed by atoms with Gasteiger partial charge in [-0.3, -0.25) is 14.5 Å². The molecule has 7 nitrogen and oxygen atoms in total. The second-order valence-electron chi connectivity index (χ2n) is 6.79. The first-order valence-electron chi connectivity index (χ1n) is 9.26. The first-order valence-corrected chi connectivity index (χ1v) is 10.1. The first-order chi connectivity index (χ1) is 13.0. The number of aryl methyl sites for hydroxylation is 1. The average molecular weight is 388 g/mol. The van der Waals surface area contributed by atoms with Crippen molar-refractivity contribution in [1.29, 1.82) is 0 Å². The zero-order valence-corrected chi connectivity index (χ0v) is 16.5. The molecule has 144 valence electrons. The Kier molecular flexibility index (Phi) is 6.52. The molecule has 1 aromatic heterocycles. The third kappa shape index (κ3) is 5.33. The maximum absolute atomic E-state index is 12.3. The number of aromatic nitrogens is 2. The summed E-state index contributed by atoms with van der Waals surface area (Å²) in [5.41, 5.74) is 1.19. The van der Waals surface area contributed by atoms with Gasteiger partial charge in [0.25, 0.3) is 11.8 Å². The molecule has 8 heteroatoms. The van der Waals surface area contributed by atoms with Crippen LogP contribution in [0.15, 0.2) is 24.3 Å². The molecular formula is C19H25N5O2S. The smallest absolute Gasteiger partial charge is 0.286 e. The van der Waals surface area contributed by atoms with Crippen molar-refractivity contribution in [2.24, 2.45) is 0 Å². The van der Waals surface area contributed by atoms with Gasteiger partial charge in [0.2, 0.25) is 5.01 Å². The van der Waals surface area contributed by atoms with E-state index in [1.807, 2.05) is 0 Å². The third-order valence-corrected chi connectivity index (χ3v) is 5.59. The standard InChI is InChI=1S/C19H25N5O2S/c1-13-5-3-4-11-24(13)12-10-20-17(25)15-6-8-16(9-7-15)21-18(26)19-23-22-14(2)27-19/h6-9,13H,3-5,10-12H2,1-2H3,(H,20,25)(H,21,26). The average Bonchev–Trinajstić information content (AvgIpc) is 3.10. The minimum Gasteiger partial charge on any atom is -0.351 e. The second kappa shape index (κ2) is 9.05. The van der Waals surface area contributed by atoms with Crippen LogP contribution in [0.1, 0.15) is 51.4 Å². The van der Waals surface area contributed by atoms with Crippen LogP contribution in [0.4, 0.5) is 5.69 Å². The lowest BCUT2D eigenvalue weighted by molar-refractivity contribution is 0.0938. The molecule has 0 bridgehead atoms. The topological polar surface area (TPSA) is 87.2 Å². The van der Waals surface area contributed by atoms with Crippen molar-refractivity contribution in [2.45, 2.75) is 39.2 Å². The Morgan fingerprint density at radius 1 is 1.19 bits per heavy atom. The number of hydrogen-bond acceptors (Lipinski definition) is 6. The van der Waals surface area contributed by atoms with E-state index in [9.17, 15) is 9.59 Å². The van der Waals surface area contributed by atoms with Crippen LogP contribution < -0.4 is 10.6 Å². The fraction of sp³-hybridized carbons (Fsp3) is 0.474. The molecule has 1 saturated heterocycles. The summed E-state index contributed by atoms with van der Waals surface area (Å²) in [7, 11) is 0. The maximum atomic E-state index is 12.3. The van der Waals surface area contributed by atoms with E-state index in [0.29, 0.717) is 28.8 Å². The molecule has 1 atom stereocenters. The normalized spacial score (nSPS) is 17.5. The highest BCUT2D eigenvalue weighted by atomic mass is 32.1. The SMILES string of the molecule is Cc1nnc(C(=O)Nc2ccc(C(=O)NCCN3CCCCC3C)cc2)s1. The van der Waals surface area contributed by atoms with E-state index < -0.39 is 0 Å². The van der Waals surface area contributed by atoms with Crippen molar-refractivity contribution in [3.05, 3.63) is 39.8 Å².